The molecule has 0 aliphatic carbocycles. The first-order valence-corrected chi connectivity index (χ1v) is 20.2. The number of hydrogen-bond acceptors (Lipinski definition) is 12. The third kappa shape index (κ3) is 11.0. The number of aliphatic hydroxyl groups is 2. The van der Waals surface area contributed by atoms with E-state index >= 15 is 0 Å². The lowest BCUT2D eigenvalue weighted by atomic mass is 9.97. The van der Waals surface area contributed by atoms with E-state index < -0.39 is 83.9 Å². The second kappa shape index (κ2) is 19.5. The molecule has 300 valence electrons. The minimum absolute atomic E-state index is 0.00890. The van der Waals surface area contributed by atoms with Gasteiger partial charge >= 0.3 is 0 Å². The average Bonchev–Trinajstić information content (AvgIpc) is 3.81. The van der Waals surface area contributed by atoms with Gasteiger partial charge in [-0.1, -0.05) is 68.2 Å². The highest BCUT2D eigenvalue weighted by atomic mass is 32.1. The molecule has 0 saturated carbocycles. The Bertz CT molecular complexity index is 1520. The maximum atomic E-state index is 13.7. The molecule has 8 N–H and O–H groups in total. The number of rotatable bonds is 8. The van der Waals surface area contributed by atoms with Crippen LogP contribution in [0.3, 0.4) is 0 Å². The van der Waals surface area contributed by atoms with Gasteiger partial charge in [-0.15, -0.1) is 22.7 Å². The van der Waals surface area contributed by atoms with Crippen molar-refractivity contribution in [3.8, 4) is 0 Å². The van der Waals surface area contributed by atoms with Crippen molar-refractivity contribution in [1.82, 2.24) is 41.9 Å². The van der Waals surface area contributed by atoms with Crippen LogP contribution in [-0.4, -0.2) is 92.0 Å². The fourth-order valence-electron chi connectivity index (χ4n) is 5.71. The van der Waals surface area contributed by atoms with Crippen molar-refractivity contribution in [2.24, 2.45) is 23.7 Å². The number of nitrogens with zero attached hydrogens (tertiary/aromatic N) is 2. The molecular formula is C36H56N8O8S2. The molecule has 2 aromatic heterocycles. The molecule has 4 bridgehead atoms. The predicted octanol–water partition coefficient (Wildman–Crippen LogP) is 1.96. The molecule has 3 rings (SSSR count). The second-order valence-electron chi connectivity index (χ2n) is 14.7. The van der Waals surface area contributed by atoms with Gasteiger partial charge in [0.25, 0.3) is 11.8 Å². The van der Waals surface area contributed by atoms with E-state index in [0.29, 0.717) is 22.9 Å². The third-order valence-electron chi connectivity index (χ3n) is 9.66. The Morgan fingerprint density at radius 1 is 0.519 bits per heavy atom. The summed E-state index contributed by atoms with van der Waals surface area (Å²) in [5.74, 6) is -5.36. The van der Waals surface area contributed by atoms with Gasteiger partial charge in [0.2, 0.25) is 23.6 Å². The molecule has 18 heteroatoms. The maximum Gasteiger partial charge on any atom is 0.271 e. The van der Waals surface area contributed by atoms with E-state index in [-0.39, 0.29) is 35.1 Å². The zero-order valence-electron chi connectivity index (χ0n) is 32.6. The molecule has 0 saturated heterocycles. The number of nitrogens with one attached hydrogen (secondary N) is 6. The minimum atomic E-state index is -1.41. The van der Waals surface area contributed by atoms with E-state index in [4.69, 9.17) is 0 Å². The van der Waals surface area contributed by atoms with Crippen LogP contribution in [0.5, 0.6) is 0 Å². The first-order chi connectivity index (χ1) is 25.3. The quantitative estimate of drug-likeness (QED) is 0.193. The number of hydrogen-bond donors (Lipinski definition) is 8. The lowest BCUT2D eigenvalue weighted by Crippen LogP contribution is -2.59. The molecule has 6 amide bonds. The molecule has 16 nitrogen and oxygen atoms in total. The summed E-state index contributed by atoms with van der Waals surface area (Å²) in [7, 11) is 0. The number of aromatic nitrogens is 2. The van der Waals surface area contributed by atoms with E-state index in [0.717, 1.165) is 22.7 Å². The van der Waals surface area contributed by atoms with Crippen molar-refractivity contribution in [3.05, 3.63) is 32.2 Å². The molecule has 1 aliphatic heterocycles. The molecule has 0 fully saturated rings. The highest BCUT2D eigenvalue weighted by molar-refractivity contribution is 7.10. The van der Waals surface area contributed by atoms with Crippen molar-refractivity contribution >= 4 is 58.1 Å². The van der Waals surface area contributed by atoms with Crippen LogP contribution in [0.1, 0.15) is 125 Å². The Kier molecular flexibility index (Phi) is 16.1. The number of amides is 6. The molecular weight excluding hydrogens is 737 g/mol. The standard InChI is InChI=1S/C36H56N8O8S2/c1-11-17(7)25-31(49)43-27(19(9)45)33(51)39-24(16(5)6)36-38-22(14-54-36)30(48)42-26(18(8)12-2)32(50)44-28(20(10)46)34(52)40-23(15(3)4)35-37-21(13-53-35)29(47)41-25/h13-20,23-28,45-46H,11-12H2,1-10H3,(H,39,51)(H,40,52)(H,41,47)(H,42,48)(H,43,49)(H,44,50)/t17-,18-,19-,20+,23+,24+,25-,26-,27+,28-/m0/s1. The first kappa shape index (κ1) is 44.4. The van der Waals surface area contributed by atoms with Crippen LogP contribution in [0, 0.1) is 23.7 Å². The Morgan fingerprint density at radius 2 is 0.815 bits per heavy atom. The van der Waals surface area contributed by atoms with Gasteiger partial charge in [-0.05, 0) is 37.5 Å². The molecule has 0 radical (unpaired) electrons. The molecule has 1 aliphatic rings. The molecule has 0 aromatic carbocycles. The summed E-state index contributed by atoms with van der Waals surface area (Å²) >= 11 is 2.22. The number of aliphatic hydroxyl groups excluding tert-OH is 2. The van der Waals surface area contributed by atoms with E-state index in [9.17, 15) is 39.0 Å². The van der Waals surface area contributed by atoms with Gasteiger partial charge in [-0.3, -0.25) is 28.8 Å². The smallest absolute Gasteiger partial charge is 0.271 e. The second-order valence-corrected chi connectivity index (χ2v) is 16.5. The van der Waals surface area contributed by atoms with Crippen molar-refractivity contribution in [3.63, 3.8) is 0 Å². The number of fused-ring (bicyclic) bond motifs is 4. The van der Waals surface area contributed by atoms with Crippen LogP contribution < -0.4 is 31.9 Å². The SMILES string of the molecule is CC[C@H](C)[C@@H]1NC(=O)c2csc(n2)[C@@H](C(C)C)NC(=O)[C@@H]([C@H](C)O)NC(=O)[C@H]([C@@H](C)CC)NC(=O)c2csc(n2)[C@@H](C(C)C)NC(=O)[C@H]([C@@H](C)O)NC1=O. The third-order valence-corrected chi connectivity index (χ3v) is 11.5. The number of thiazole rings is 2. The zero-order valence-corrected chi connectivity index (χ0v) is 34.2. The van der Waals surface area contributed by atoms with E-state index in [1.165, 1.54) is 24.6 Å². The molecule has 0 spiro atoms. The monoisotopic (exact) mass is 792 g/mol. The van der Waals surface area contributed by atoms with Crippen molar-refractivity contribution in [2.45, 2.75) is 131 Å². The Balaban J connectivity index is 2.13. The largest absolute Gasteiger partial charge is 0.391 e. The van der Waals surface area contributed by atoms with Crippen molar-refractivity contribution in [2.75, 3.05) is 0 Å². The van der Waals surface area contributed by atoms with Gasteiger partial charge in [-0.2, -0.15) is 0 Å². The lowest BCUT2D eigenvalue weighted by molar-refractivity contribution is -0.133. The van der Waals surface area contributed by atoms with E-state index in [1.54, 1.807) is 13.8 Å². The lowest BCUT2D eigenvalue weighted by Gasteiger charge is -2.29. The Hall–Kier alpha value is -4.00. The zero-order chi connectivity index (χ0) is 40.6. The predicted molar refractivity (Wildman–Crippen MR) is 204 cm³/mol. The molecule has 0 unspecified atom stereocenters. The van der Waals surface area contributed by atoms with E-state index in [1.807, 2.05) is 41.5 Å². The minimum Gasteiger partial charge on any atom is -0.391 e. The molecule has 2 aromatic rings. The van der Waals surface area contributed by atoms with E-state index in [2.05, 4.69) is 41.9 Å². The molecule has 54 heavy (non-hydrogen) atoms. The van der Waals surface area contributed by atoms with Crippen LogP contribution in [0.4, 0.5) is 0 Å². The van der Waals surface area contributed by atoms with Gasteiger partial charge < -0.3 is 42.1 Å². The van der Waals surface area contributed by atoms with Gasteiger partial charge in [0.1, 0.15) is 45.6 Å². The first-order valence-electron chi connectivity index (χ1n) is 18.4. The molecule has 10 atom stereocenters. The summed E-state index contributed by atoms with van der Waals surface area (Å²) in [6.07, 6.45) is -1.68. The summed E-state index contributed by atoms with van der Waals surface area (Å²) in [4.78, 5) is 90.9. The maximum absolute atomic E-state index is 13.7. The van der Waals surface area contributed by atoms with Gasteiger partial charge in [0.05, 0.1) is 24.3 Å². The average molecular weight is 793 g/mol. The normalized spacial score (nSPS) is 26.3. The Labute approximate surface area is 324 Å². The number of carbonyl (C=O) groups excluding carboxylic acids is 6. The summed E-state index contributed by atoms with van der Waals surface area (Å²) < 4.78 is 0. The summed E-state index contributed by atoms with van der Waals surface area (Å²) in [6.45, 7) is 17.3. The highest BCUT2D eigenvalue weighted by Gasteiger charge is 2.37. The van der Waals surface area contributed by atoms with Crippen LogP contribution in [0.15, 0.2) is 10.8 Å². The van der Waals surface area contributed by atoms with Crippen LogP contribution >= 0.6 is 22.7 Å². The fourth-order valence-corrected chi connectivity index (χ4v) is 7.76. The van der Waals surface area contributed by atoms with Gasteiger partial charge in [0, 0.05) is 10.8 Å². The fraction of sp³-hybridized carbons (Fsp3) is 0.667. The summed E-state index contributed by atoms with van der Waals surface area (Å²) in [5.41, 5.74) is -0.0178. The topological polar surface area (TPSA) is 241 Å². The highest BCUT2D eigenvalue weighted by Crippen LogP contribution is 2.27. The van der Waals surface area contributed by atoms with Crippen molar-refractivity contribution < 1.29 is 39.0 Å². The van der Waals surface area contributed by atoms with Crippen LogP contribution in [-0.2, 0) is 19.2 Å². The molecule has 3 heterocycles. The summed E-state index contributed by atoms with van der Waals surface area (Å²) in [6, 6.07) is -6.49. The Morgan fingerprint density at radius 3 is 1.09 bits per heavy atom. The van der Waals surface area contributed by atoms with Crippen molar-refractivity contribution in [1.29, 1.82) is 0 Å². The van der Waals surface area contributed by atoms with Gasteiger partial charge in [-0.25, -0.2) is 9.97 Å². The van der Waals surface area contributed by atoms with Gasteiger partial charge in [0.15, 0.2) is 0 Å². The number of carbonyl (C=O) groups is 6. The van der Waals surface area contributed by atoms with Crippen LogP contribution in [0.2, 0.25) is 0 Å². The van der Waals surface area contributed by atoms with Crippen LogP contribution in [0.25, 0.3) is 0 Å². The summed E-state index contributed by atoms with van der Waals surface area (Å²) in [5, 5.41) is 41.5.